The van der Waals surface area contributed by atoms with Crippen LogP contribution in [0.15, 0.2) is 64.2 Å². The zero-order valence-electron chi connectivity index (χ0n) is 16.3. The third-order valence-corrected chi connectivity index (χ3v) is 4.79. The lowest BCUT2D eigenvalue weighted by atomic mass is 10.1. The molecule has 0 atom stereocenters. The number of aromatic nitrogens is 3. The fraction of sp³-hybridized carbons (Fsp3) is 0.182. The maximum absolute atomic E-state index is 12.9. The highest BCUT2D eigenvalue weighted by molar-refractivity contribution is 5.90. The first-order valence-corrected chi connectivity index (χ1v) is 9.54. The fourth-order valence-corrected chi connectivity index (χ4v) is 3.08. The van der Waals surface area contributed by atoms with Crippen molar-refractivity contribution < 1.29 is 13.7 Å². The second-order valence-electron chi connectivity index (χ2n) is 6.81. The van der Waals surface area contributed by atoms with Crippen LogP contribution in [0.25, 0.3) is 22.4 Å². The van der Waals surface area contributed by atoms with Crippen molar-refractivity contribution in [1.82, 2.24) is 14.7 Å². The molecule has 8 heteroatoms. The van der Waals surface area contributed by atoms with Gasteiger partial charge in [0.2, 0.25) is 5.91 Å². The van der Waals surface area contributed by atoms with E-state index in [0.717, 1.165) is 12.0 Å². The Balaban J connectivity index is 1.50. The molecule has 0 unspecified atom stereocenters. The van der Waals surface area contributed by atoms with E-state index in [4.69, 9.17) is 4.52 Å². The lowest BCUT2D eigenvalue weighted by Crippen LogP contribution is -2.23. The van der Waals surface area contributed by atoms with Gasteiger partial charge in [-0.3, -0.25) is 14.2 Å². The monoisotopic (exact) mass is 406 g/mol. The molecule has 152 valence electrons. The quantitative estimate of drug-likeness (QED) is 0.526. The summed E-state index contributed by atoms with van der Waals surface area (Å²) in [6.45, 7) is 2.19. The van der Waals surface area contributed by atoms with E-state index in [1.807, 2.05) is 24.3 Å². The molecule has 0 spiro atoms. The summed E-state index contributed by atoms with van der Waals surface area (Å²) in [5.41, 5.74) is 3.03. The predicted octanol–water partition coefficient (Wildman–Crippen LogP) is 3.78. The van der Waals surface area contributed by atoms with Crippen LogP contribution in [0.2, 0.25) is 0 Å². The van der Waals surface area contributed by atoms with Gasteiger partial charge in [0.1, 0.15) is 17.0 Å². The first kappa shape index (κ1) is 19.5. The number of hydrogen-bond donors (Lipinski definition) is 1. The maximum atomic E-state index is 12.9. The number of benzene rings is 2. The molecule has 7 nitrogen and oxygen atoms in total. The smallest absolute Gasteiger partial charge is 0.299 e. The summed E-state index contributed by atoms with van der Waals surface area (Å²) in [6.07, 6.45) is 2.36. The minimum Gasteiger partial charge on any atom is -0.348 e. The topological polar surface area (TPSA) is 90.0 Å². The molecule has 30 heavy (non-hydrogen) atoms. The van der Waals surface area contributed by atoms with Gasteiger partial charge in [-0.1, -0.05) is 36.3 Å². The van der Waals surface area contributed by atoms with Crippen molar-refractivity contribution >= 4 is 22.7 Å². The van der Waals surface area contributed by atoms with Crippen LogP contribution >= 0.6 is 0 Å². The summed E-state index contributed by atoms with van der Waals surface area (Å²) in [7, 11) is 0. The Kier molecular flexibility index (Phi) is 5.38. The fourth-order valence-electron chi connectivity index (χ4n) is 3.08. The van der Waals surface area contributed by atoms with Crippen LogP contribution in [0.1, 0.15) is 18.9 Å². The first-order chi connectivity index (χ1) is 14.5. The number of rotatable bonds is 6. The van der Waals surface area contributed by atoms with E-state index in [-0.39, 0.29) is 30.3 Å². The number of hydrogen-bond acceptors (Lipinski definition) is 5. The number of carbonyl (C=O) groups excluding carboxylic acids is 1. The lowest BCUT2D eigenvalue weighted by Gasteiger charge is -2.06. The number of amides is 1. The van der Waals surface area contributed by atoms with Crippen LogP contribution in [0.3, 0.4) is 0 Å². The summed E-state index contributed by atoms with van der Waals surface area (Å²) in [4.78, 5) is 29.1. The van der Waals surface area contributed by atoms with Crippen molar-refractivity contribution in [1.29, 1.82) is 0 Å². The number of fused-ring (bicyclic) bond motifs is 1. The summed E-state index contributed by atoms with van der Waals surface area (Å²) >= 11 is 0. The van der Waals surface area contributed by atoms with Gasteiger partial charge in [-0.2, -0.15) is 0 Å². The van der Waals surface area contributed by atoms with Crippen molar-refractivity contribution in [3.05, 3.63) is 76.6 Å². The number of anilines is 1. The van der Waals surface area contributed by atoms with Gasteiger partial charge < -0.3 is 9.84 Å². The Morgan fingerprint density at radius 2 is 1.87 bits per heavy atom. The Bertz CT molecular complexity index is 1240. The molecule has 2 heterocycles. The summed E-state index contributed by atoms with van der Waals surface area (Å²) in [6, 6.07) is 13.3. The zero-order chi connectivity index (χ0) is 21.1. The molecule has 0 aliphatic rings. The van der Waals surface area contributed by atoms with Gasteiger partial charge in [0, 0.05) is 24.2 Å². The average molecular weight is 406 g/mol. The minimum absolute atomic E-state index is 0.0456. The van der Waals surface area contributed by atoms with Gasteiger partial charge in [-0.25, -0.2) is 9.37 Å². The minimum atomic E-state index is -0.404. The number of nitrogens with zero attached hydrogens (tertiary/aromatic N) is 3. The molecule has 0 bridgehead atoms. The molecule has 0 fully saturated rings. The number of aryl methyl sites for hydroxylation is 2. The van der Waals surface area contributed by atoms with Crippen LogP contribution in [-0.4, -0.2) is 20.6 Å². The highest BCUT2D eigenvalue weighted by Crippen LogP contribution is 2.24. The molecule has 2 aromatic heterocycles. The molecule has 4 rings (SSSR count). The third-order valence-electron chi connectivity index (χ3n) is 4.79. The van der Waals surface area contributed by atoms with Gasteiger partial charge >= 0.3 is 0 Å². The Hall–Kier alpha value is -3.81. The first-order valence-electron chi connectivity index (χ1n) is 9.54. The van der Waals surface area contributed by atoms with E-state index >= 15 is 0 Å². The van der Waals surface area contributed by atoms with Crippen molar-refractivity contribution in [2.45, 2.75) is 26.3 Å². The van der Waals surface area contributed by atoms with Crippen molar-refractivity contribution in [3.8, 4) is 11.3 Å². The van der Waals surface area contributed by atoms with Crippen molar-refractivity contribution in [3.63, 3.8) is 0 Å². The molecule has 0 aliphatic heterocycles. The van der Waals surface area contributed by atoms with E-state index < -0.39 is 5.56 Å². The predicted molar refractivity (Wildman–Crippen MR) is 111 cm³/mol. The van der Waals surface area contributed by atoms with Crippen LogP contribution in [0.5, 0.6) is 0 Å². The largest absolute Gasteiger partial charge is 0.348 e. The zero-order valence-corrected chi connectivity index (χ0v) is 16.3. The molecule has 0 saturated carbocycles. The van der Waals surface area contributed by atoms with Crippen molar-refractivity contribution in [2.24, 2.45) is 0 Å². The summed E-state index contributed by atoms with van der Waals surface area (Å²) in [5.74, 6) is -0.686. The number of carbonyl (C=O) groups is 1. The van der Waals surface area contributed by atoms with E-state index in [1.54, 1.807) is 0 Å². The highest BCUT2D eigenvalue weighted by atomic mass is 19.1. The Morgan fingerprint density at radius 3 is 2.57 bits per heavy atom. The summed E-state index contributed by atoms with van der Waals surface area (Å²) in [5, 5.41) is 6.67. The summed E-state index contributed by atoms with van der Waals surface area (Å²) < 4.78 is 19.5. The van der Waals surface area contributed by atoms with Crippen LogP contribution in [-0.2, 0) is 17.8 Å². The Labute approximate surface area is 171 Å². The standard InChI is InChI=1S/C22H19FN4O3/c1-2-14-3-5-15(6-4-14)19-20-21(30-26-19)22(29)27(13-24-20)12-11-18(28)25-17-9-7-16(23)8-10-17/h3-10,13H,2,11-12H2,1H3,(H,25,28). The molecule has 0 radical (unpaired) electrons. The van der Waals surface area contributed by atoms with Gasteiger partial charge in [-0.05, 0) is 36.2 Å². The lowest BCUT2D eigenvalue weighted by molar-refractivity contribution is -0.116. The molecule has 4 aromatic rings. The Morgan fingerprint density at radius 1 is 1.13 bits per heavy atom. The van der Waals surface area contributed by atoms with Gasteiger partial charge in [0.05, 0.1) is 6.33 Å². The maximum Gasteiger partial charge on any atom is 0.299 e. The molecule has 1 amide bonds. The van der Waals surface area contributed by atoms with Gasteiger partial charge in [0.25, 0.3) is 11.1 Å². The van der Waals surface area contributed by atoms with E-state index in [0.29, 0.717) is 16.9 Å². The van der Waals surface area contributed by atoms with Crippen LogP contribution in [0, 0.1) is 5.82 Å². The molecule has 0 aliphatic carbocycles. The molecular formula is C22H19FN4O3. The van der Waals surface area contributed by atoms with E-state index in [1.165, 1.54) is 40.7 Å². The van der Waals surface area contributed by atoms with Crippen LogP contribution in [0.4, 0.5) is 10.1 Å². The average Bonchev–Trinajstić information content (AvgIpc) is 3.20. The van der Waals surface area contributed by atoms with Gasteiger partial charge in [-0.15, -0.1) is 0 Å². The number of halogens is 1. The normalized spacial score (nSPS) is 11.0. The second-order valence-corrected chi connectivity index (χ2v) is 6.81. The molecule has 1 N–H and O–H groups in total. The third kappa shape index (κ3) is 3.98. The number of nitrogens with one attached hydrogen (secondary N) is 1. The molecule has 0 saturated heterocycles. The van der Waals surface area contributed by atoms with E-state index in [2.05, 4.69) is 22.4 Å². The SMILES string of the molecule is CCc1ccc(-c2noc3c(=O)n(CCC(=O)Nc4ccc(F)cc4)cnc23)cc1. The molecular weight excluding hydrogens is 387 g/mol. The highest BCUT2D eigenvalue weighted by Gasteiger charge is 2.16. The van der Waals surface area contributed by atoms with Gasteiger partial charge in [0.15, 0.2) is 0 Å². The van der Waals surface area contributed by atoms with Crippen molar-refractivity contribution in [2.75, 3.05) is 5.32 Å². The van der Waals surface area contributed by atoms with Crippen LogP contribution < -0.4 is 10.9 Å². The van der Waals surface area contributed by atoms with E-state index in [9.17, 15) is 14.0 Å². The molecule has 2 aromatic carbocycles. The second kappa shape index (κ2) is 8.28.